The molecule has 0 bridgehead atoms. The molecule has 2 heteroatoms. The van der Waals surface area contributed by atoms with E-state index >= 15 is 0 Å². The number of aryl methyl sites for hydroxylation is 4. The smallest absolute Gasteiger partial charge is 0.0387 e. The van der Waals surface area contributed by atoms with Crippen LogP contribution in [0.4, 0.5) is 22.7 Å². The second-order valence-corrected chi connectivity index (χ2v) is 10.6. The zero-order chi connectivity index (χ0) is 25.1. The van der Waals surface area contributed by atoms with Crippen molar-refractivity contribution in [3.05, 3.63) is 118 Å². The highest BCUT2D eigenvalue weighted by molar-refractivity contribution is 5.63. The van der Waals surface area contributed by atoms with E-state index in [1.54, 1.807) is 0 Å². The normalized spacial score (nSPS) is 14.9. The molecule has 2 N–H and O–H groups in total. The van der Waals surface area contributed by atoms with Gasteiger partial charge in [0.1, 0.15) is 0 Å². The summed E-state index contributed by atoms with van der Waals surface area (Å²) in [6.45, 7) is 8.64. The van der Waals surface area contributed by atoms with E-state index in [4.69, 9.17) is 0 Å². The number of hydrogen-bond donors (Lipinski definition) is 2. The molecule has 0 aromatic heterocycles. The van der Waals surface area contributed by atoms with E-state index in [0.29, 0.717) is 0 Å². The lowest BCUT2D eigenvalue weighted by molar-refractivity contribution is 0.346. The van der Waals surface area contributed by atoms with Gasteiger partial charge in [0.2, 0.25) is 0 Å². The Morgan fingerprint density at radius 1 is 0.444 bits per heavy atom. The predicted molar refractivity (Wildman–Crippen MR) is 155 cm³/mol. The van der Waals surface area contributed by atoms with Gasteiger partial charge >= 0.3 is 0 Å². The molecule has 0 spiro atoms. The molecule has 0 heterocycles. The molecule has 1 fully saturated rings. The van der Waals surface area contributed by atoms with Crippen LogP contribution in [-0.4, -0.2) is 0 Å². The minimum Gasteiger partial charge on any atom is -0.356 e. The number of hydrogen-bond acceptors (Lipinski definition) is 2. The van der Waals surface area contributed by atoms with Crippen molar-refractivity contribution in [2.24, 2.45) is 0 Å². The lowest BCUT2D eigenvalue weighted by Gasteiger charge is -2.39. The van der Waals surface area contributed by atoms with Gasteiger partial charge in [-0.05, 0) is 122 Å². The predicted octanol–water partition coefficient (Wildman–Crippen LogP) is 9.66. The van der Waals surface area contributed by atoms with Gasteiger partial charge in [-0.3, -0.25) is 0 Å². The van der Waals surface area contributed by atoms with Gasteiger partial charge in [-0.2, -0.15) is 0 Å². The number of benzene rings is 4. The molecule has 0 radical (unpaired) electrons. The first-order chi connectivity index (χ1) is 17.4. The van der Waals surface area contributed by atoms with Crippen molar-refractivity contribution >= 4 is 22.7 Å². The van der Waals surface area contributed by atoms with E-state index < -0.39 is 0 Å². The van der Waals surface area contributed by atoms with Crippen LogP contribution in [-0.2, 0) is 5.41 Å². The fourth-order valence-corrected chi connectivity index (χ4v) is 5.62. The molecule has 0 unspecified atom stereocenters. The van der Waals surface area contributed by atoms with Gasteiger partial charge in [0.15, 0.2) is 0 Å². The number of nitrogens with one attached hydrogen (secondary N) is 2. The Hall–Kier alpha value is -3.52. The van der Waals surface area contributed by atoms with E-state index in [1.165, 1.54) is 65.5 Å². The molecule has 5 rings (SSSR count). The molecule has 0 amide bonds. The molecule has 4 aromatic rings. The Morgan fingerprint density at radius 3 is 1.22 bits per heavy atom. The molecule has 0 saturated heterocycles. The molecule has 0 aliphatic heterocycles. The zero-order valence-electron chi connectivity index (χ0n) is 22.1. The summed E-state index contributed by atoms with van der Waals surface area (Å²) in [6, 6.07) is 31.5. The van der Waals surface area contributed by atoms with Crippen molar-refractivity contribution in [2.75, 3.05) is 10.6 Å². The number of rotatable bonds is 6. The van der Waals surface area contributed by atoms with Crippen LogP contribution in [0.3, 0.4) is 0 Å². The Morgan fingerprint density at radius 2 is 0.833 bits per heavy atom. The van der Waals surface area contributed by atoms with Crippen LogP contribution < -0.4 is 10.6 Å². The first-order valence-electron chi connectivity index (χ1n) is 13.3. The largest absolute Gasteiger partial charge is 0.356 e. The SMILES string of the molecule is Cc1ccc(Nc2ccc(C3(c4ccc(Nc5ccc(C)c(C)c5)cc4)CCCCC3)cc2)cc1C. The van der Waals surface area contributed by atoms with E-state index in [1.807, 2.05) is 0 Å². The maximum absolute atomic E-state index is 3.58. The van der Waals surface area contributed by atoms with Crippen LogP contribution in [0, 0.1) is 27.7 Å². The van der Waals surface area contributed by atoms with Gasteiger partial charge in [0.05, 0.1) is 0 Å². The Kier molecular flexibility index (Phi) is 6.87. The summed E-state index contributed by atoms with van der Waals surface area (Å²) < 4.78 is 0. The summed E-state index contributed by atoms with van der Waals surface area (Å²) in [7, 11) is 0. The van der Waals surface area contributed by atoms with E-state index in [-0.39, 0.29) is 5.41 Å². The van der Waals surface area contributed by atoms with Gasteiger partial charge in [-0.1, -0.05) is 55.7 Å². The molecule has 184 valence electrons. The molecule has 1 aliphatic carbocycles. The molecule has 0 atom stereocenters. The van der Waals surface area contributed by atoms with Crippen molar-refractivity contribution in [1.29, 1.82) is 0 Å². The highest BCUT2D eigenvalue weighted by Crippen LogP contribution is 2.45. The molecular weight excluding hydrogens is 436 g/mol. The minimum absolute atomic E-state index is 0.0935. The van der Waals surface area contributed by atoms with Gasteiger partial charge < -0.3 is 10.6 Å². The van der Waals surface area contributed by atoms with Gasteiger partial charge in [0, 0.05) is 28.2 Å². The van der Waals surface area contributed by atoms with Crippen LogP contribution in [0.2, 0.25) is 0 Å². The lowest BCUT2D eigenvalue weighted by atomic mass is 9.65. The topological polar surface area (TPSA) is 24.1 Å². The quantitative estimate of drug-likeness (QED) is 0.291. The molecule has 2 nitrogen and oxygen atoms in total. The van der Waals surface area contributed by atoms with Crippen molar-refractivity contribution in [3.8, 4) is 0 Å². The Bertz CT molecular complexity index is 1230. The lowest BCUT2D eigenvalue weighted by Crippen LogP contribution is -2.30. The maximum atomic E-state index is 3.58. The third-order valence-corrected chi connectivity index (χ3v) is 8.17. The van der Waals surface area contributed by atoms with Crippen LogP contribution in [0.15, 0.2) is 84.9 Å². The van der Waals surface area contributed by atoms with Crippen LogP contribution in [0.25, 0.3) is 0 Å². The summed E-state index contributed by atoms with van der Waals surface area (Å²) >= 11 is 0. The van der Waals surface area contributed by atoms with Crippen LogP contribution in [0.1, 0.15) is 65.5 Å². The maximum Gasteiger partial charge on any atom is 0.0387 e. The standard InChI is InChI=1S/C34H38N2/c1-24-8-14-32(22-26(24)3)35-30-16-10-28(11-17-30)34(20-6-5-7-21-34)29-12-18-31(19-13-29)36-33-15-9-25(2)27(4)23-33/h8-19,22-23,35-36H,5-7,20-21H2,1-4H3. The second kappa shape index (κ2) is 10.2. The van der Waals surface area contributed by atoms with E-state index in [2.05, 4.69) is 123 Å². The average molecular weight is 475 g/mol. The zero-order valence-corrected chi connectivity index (χ0v) is 22.1. The van der Waals surface area contributed by atoms with Gasteiger partial charge in [0.25, 0.3) is 0 Å². The van der Waals surface area contributed by atoms with Crippen molar-refractivity contribution in [1.82, 2.24) is 0 Å². The minimum atomic E-state index is 0.0935. The highest BCUT2D eigenvalue weighted by Gasteiger charge is 2.35. The van der Waals surface area contributed by atoms with E-state index in [9.17, 15) is 0 Å². The summed E-state index contributed by atoms with van der Waals surface area (Å²) in [5, 5.41) is 7.17. The Labute approximate surface area is 216 Å². The summed E-state index contributed by atoms with van der Waals surface area (Å²) in [5.74, 6) is 0. The monoisotopic (exact) mass is 474 g/mol. The van der Waals surface area contributed by atoms with E-state index in [0.717, 1.165) is 22.7 Å². The number of anilines is 4. The molecule has 1 aliphatic rings. The van der Waals surface area contributed by atoms with Gasteiger partial charge in [-0.25, -0.2) is 0 Å². The Balaban J connectivity index is 1.38. The second-order valence-electron chi connectivity index (χ2n) is 10.6. The van der Waals surface area contributed by atoms with Gasteiger partial charge in [-0.15, -0.1) is 0 Å². The molecule has 4 aromatic carbocycles. The summed E-state index contributed by atoms with van der Waals surface area (Å²) in [4.78, 5) is 0. The third kappa shape index (κ3) is 5.04. The molecule has 36 heavy (non-hydrogen) atoms. The summed E-state index contributed by atoms with van der Waals surface area (Å²) in [6.07, 6.45) is 6.32. The fourth-order valence-electron chi connectivity index (χ4n) is 5.62. The third-order valence-electron chi connectivity index (χ3n) is 8.17. The highest BCUT2D eigenvalue weighted by atomic mass is 14.9. The fraction of sp³-hybridized carbons (Fsp3) is 0.294. The van der Waals surface area contributed by atoms with Crippen LogP contribution >= 0.6 is 0 Å². The molecule has 1 saturated carbocycles. The van der Waals surface area contributed by atoms with Crippen molar-refractivity contribution < 1.29 is 0 Å². The van der Waals surface area contributed by atoms with Crippen molar-refractivity contribution in [2.45, 2.75) is 65.2 Å². The van der Waals surface area contributed by atoms with Crippen molar-refractivity contribution in [3.63, 3.8) is 0 Å². The first kappa shape index (κ1) is 24.2. The first-order valence-corrected chi connectivity index (χ1v) is 13.3. The average Bonchev–Trinajstić information content (AvgIpc) is 2.90. The molecular formula is C34H38N2. The summed E-state index contributed by atoms with van der Waals surface area (Å²) in [5.41, 5.74) is 12.8. The van der Waals surface area contributed by atoms with Crippen LogP contribution in [0.5, 0.6) is 0 Å².